The van der Waals surface area contributed by atoms with Crippen LogP contribution >= 0.6 is 11.3 Å². The van der Waals surface area contributed by atoms with Gasteiger partial charge in [0.25, 0.3) is 5.91 Å². The van der Waals surface area contributed by atoms with Gasteiger partial charge in [0.05, 0.1) is 12.1 Å². The first kappa shape index (κ1) is 15.7. The van der Waals surface area contributed by atoms with Crippen LogP contribution < -0.4 is 4.74 Å². The minimum atomic E-state index is 0.00635. The summed E-state index contributed by atoms with van der Waals surface area (Å²) in [5.41, 5.74) is 2.97. The smallest absolute Gasteiger partial charge is 0.273 e. The van der Waals surface area contributed by atoms with Crippen molar-refractivity contribution in [3.05, 3.63) is 34.5 Å². The van der Waals surface area contributed by atoms with Crippen molar-refractivity contribution in [1.82, 2.24) is 29.7 Å². The Labute approximate surface area is 153 Å². The summed E-state index contributed by atoms with van der Waals surface area (Å²) in [7, 11) is 0. The molecule has 0 N–H and O–H groups in total. The summed E-state index contributed by atoms with van der Waals surface area (Å²) in [5, 5.41) is 14.7. The van der Waals surface area contributed by atoms with E-state index in [4.69, 9.17) is 4.74 Å². The van der Waals surface area contributed by atoms with Crippen molar-refractivity contribution in [2.75, 3.05) is 19.7 Å². The maximum absolute atomic E-state index is 12.4. The van der Waals surface area contributed by atoms with Gasteiger partial charge < -0.3 is 9.64 Å². The number of hydrogen-bond acceptors (Lipinski definition) is 7. The van der Waals surface area contributed by atoms with Crippen molar-refractivity contribution < 1.29 is 9.53 Å². The highest BCUT2D eigenvalue weighted by molar-refractivity contribution is 7.07. The molecule has 1 atom stereocenters. The average Bonchev–Trinajstić information content (AvgIpc) is 3.10. The van der Waals surface area contributed by atoms with Crippen LogP contribution in [-0.2, 0) is 0 Å². The molecule has 3 aromatic heterocycles. The number of carbonyl (C=O) groups excluding carboxylic acids is 1. The largest absolute Gasteiger partial charge is 0.476 e. The molecule has 9 heteroatoms. The van der Waals surface area contributed by atoms with E-state index in [1.54, 1.807) is 15.4 Å². The van der Waals surface area contributed by atoms with Crippen LogP contribution in [0.2, 0.25) is 0 Å². The number of carbonyl (C=O) groups is 1. The average molecular weight is 370 g/mol. The molecule has 1 saturated heterocycles. The summed E-state index contributed by atoms with van der Waals surface area (Å²) in [6.07, 6.45) is 3.23. The van der Waals surface area contributed by atoms with Crippen LogP contribution in [-0.4, -0.2) is 55.3 Å². The number of likely N-dealkylation sites (tertiary alicyclic amines) is 1. The van der Waals surface area contributed by atoms with E-state index >= 15 is 0 Å². The maximum atomic E-state index is 12.4. The first-order valence-electron chi connectivity index (χ1n) is 8.80. The second-order valence-electron chi connectivity index (χ2n) is 6.86. The molecule has 2 fully saturated rings. The molecule has 5 rings (SSSR count). The molecule has 2 aliphatic rings. The molecule has 1 unspecified atom stereocenters. The summed E-state index contributed by atoms with van der Waals surface area (Å²) in [6, 6.07) is 3.71. The molecule has 1 saturated carbocycles. The van der Waals surface area contributed by atoms with Crippen molar-refractivity contribution in [2.24, 2.45) is 5.92 Å². The number of amides is 1. The van der Waals surface area contributed by atoms with E-state index < -0.39 is 0 Å². The predicted octanol–water partition coefficient (Wildman–Crippen LogP) is 2.00. The van der Waals surface area contributed by atoms with Crippen LogP contribution in [0, 0.1) is 5.92 Å². The SMILES string of the molecule is O=C(c1cscn1)N1CCC(COc2ccc3nnc(C4CC4)n3n2)C1. The minimum Gasteiger partial charge on any atom is -0.476 e. The van der Waals surface area contributed by atoms with Gasteiger partial charge in [0, 0.05) is 36.4 Å². The van der Waals surface area contributed by atoms with Gasteiger partial charge in [0.1, 0.15) is 5.69 Å². The van der Waals surface area contributed by atoms with Crippen molar-refractivity contribution in [1.29, 1.82) is 0 Å². The predicted molar refractivity (Wildman–Crippen MR) is 94.4 cm³/mol. The van der Waals surface area contributed by atoms with Crippen LogP contribution in [0.5, 0.6) is 5.88 Å². The topological polar surface area (TPSA) is 85.5 Å². The summed E-state index contributed by atoms with van der Waals surface area (Å²) in [5.74, 6) is 2.29. The molecule has 1 aliphatic carbocycles. The standard InChI is InChI=1S/C17H18N6O2S/c24-17(13-9-26-10-18-13)22-6-5-11(7-22)8-25-15-4-3-14-19-20-16(12-1-2-12)23(14)21-15/h3-4,9-12H,1-2,5-8H2. The molecule has 26 heavy (non-hydrogen) atoms. The monoisotopic (exact) mass is 370 g/mol. The van der Waals surface area contributed by atoms with Crippen molar-refractivity contribution in [3.8, 4) is 5.88 Å². The van der Waals surface area contributed by atoms with Gasteiger partial charge >= 0.3 is 0 Å². The molecule has 134 valence electrons. The highest BCUT2D eigenvalue weighted by Crippen LogP contribution is 2.38. The van der Waals surface area contributed by atoms with E-state index in [9.17, 15) is 4.79 Å². The highest BCUT2D eigenvalue weighted by atomic mass is 32.1. The summed E-state index contributed by atoms with van der Waals surface area (Å²) in [4.78, 5) is 18.3. The zero-order valence-electron chi connectivity index (χ0n) is 14.1. The van der Waals surface area contributed by atoms with Gasteiger partial charge in [-0.25, -0.2) is 4.98 Å². The molecule has 1 amide bonds. The number of rotatable bonds is 5. The second kappa shape index (κ2) is 6.31. The lowest BCUT2D eigenvalue weighted by molar-refractivity contribution is 0.0778. The van der Waals surface area contributed by atoms with Gasteiger partial charge in [0.2, 0.25) is 5.88 Å². The molecule has 0 radical (unpaired) electrons. The quantitative estimate of drug-likeness (QED) is 0.683. The molecule has 0 aromatic carbocycles. The Morgan fingerprint density at radius 3 is 3.00 bits per heavy atom. The third-order valence-electron chi connectivity index (χ3n) is 4.90. The molecule has 4 heterocycles. The fourth-order valence-electron chi connectivity index (χ4n) is 3.30. The van der Waals surface area contributed by atoms with E-state index in [-0.39, 0.29) is 5.91 Å². The molecule has 0 bridgehead atoms. The van der Waals surface area contributed by atoms with Gasteiger partial charge in [-0.05, 0) is 25.3 Å². The Bertz CT molecular complexity index is 936. The number of nitrogens with zero attached hydrogens (tertiary/aromatic N) is 6. The molecule has 1 aliphatic heterocycles. The van der Waals surface area contributed by atoms with Gasteiger partial charge in [0.15, 0.2) is 11.5 Å². The second-order valence-corrected chi connectivity index (χ2v) is 7.58. The van der Waals surface area contributed by atoms with E-state index in [0.29, 0.717) is 36.6 Å². The van der Waals surface area contributed by atoms with Gasteiger partial charge in [-0.3, -0.25) is 4.79 Å². The summed E-state index contributed by atoms with van der Waals surface area (Å²) < 4.78 is 7.69. The van der Waals surface area contributed by atoms with E-state index in [2.05, 4.69) is 20.3 Å². The highest BCUT2D eigenvalue weighted by Gasteiger charge is 2.30. The number of ether oxygens (including phenoxy) is 1. The zero-order valence-corrected chi connectivity index (χ0v) is 14.9. The Kier molecular flexibility index (Phi) is 3.81. The van der Waals surface area contributed by atoms with Gasteiger partial charge in [-0.15, -0.1) is 26.6 Å². The number of aromatic nitrogens is 5. The zero-order chi connectivity index (χ0) is 17.5. The molecular weight excluding hydrogens is 352 g/mol. The third kappa shape index (κ3) is 2.92. The fraction of sp³-hybridized carbons (Fsp3) is 0.471. The summed E-state index contributed by atoms with van der Waals surface area (Å²) in [6.45, 7) is 1.98. The molecule has 8 nitrogen and oxygen atoms in total. The van der Waals surface area contributed by atoms with Gasteiger partial charge in [-0.1, -0.05) is 0 Å². The van der Waals surface area contributed by atoms with E-state index in [0.717, 1.165) is 37.3 Å². The minimum absolute atomic E-state index is 0.00635. The van der Waals surface area contributed by atoms with Crippen molar-refractivity contribution in [2.45, 2.75) is 25.2 Å². The Hall–Kier alpha value is -2.55. The Morgan fingerprint density at radius 2 is 2.19 bits per heavy atom. The van der Waals surface area contributed by atoms with Crippen LogP contribution in [0.15, 0.2) is 23.0 Å². The third-order valence-corrected chi connectivity index (χ3v) is 5.48. The summed E-state index contributed by atoms with van der Waals surface area (Å²) >= 11 is 1.44. The Morgan fingerprint density at radius 1 is 1.27 bits per heavy atom. The van der Waals surface area contributed by atoms with Crippen LogP contribution in [0.4, 0.5) is 0 Å². The van der Waals surface area contributed by atoms with Gasteiger partial charge in [-0.2, -0.15) is 4.52 Å². The first-order chi connectivity index (χ1) is 12.8. The normalized spacial score (nSPS) is 20.0. The lowest BCUT2D eigenvalue weighted by atomic mass is 10.1. The van der Waals surface area contributed by atoms with Crippen LogP contribution in [0.25, 0.3) is 5.65 Å². The van der Waals surface area contributed by atoms with Crippen molar-refractivity contribution in [3.63, 3.8) is 0 Å². The number of thiazole rings is 1. The number of hydrogen-bond donors (Lipinski definition) is 0. The molecule has 0 spiro atoms. The lowest BCUT2D eigenvalue weighted by Crippen LogP contribution is -2.29. The number of fused-ring (bicyclic) bond motifs is 1. The molecular formula is C17H18N6O2S. The molecule has 3 aromatic rings. The van der Waals surface area contributed by atoms with Crippen LogP contribution in [0.1, 0.15) is 41.5 Å². The van der Waals surface area contributed by atoms with E-state index in [1.807, 2.05) is 17.0 Å². The van der Waals surface area contributed by atoms with E-state index in [1.165, 1.54) is 11.3 Å². The first-order valence-corrected chi connectivity index (χ1v) is 9.75. The van der Waals surface area contributed by atoms with Crippen LogP contribution in [0.3, 0.4) is 0 Å². The van der Waals surface area contributed by atoms with Crippen molar-refractivity contribution >= 4 is 22.9 Å². The fourth-order valence-corrected chi connectivity index (χ4v) is 3.82. The lowest BCUT2D eigenvalue weighted by Gasteiger charge is -2.15. The maximum Gasteiger partial charge on any atom is 0.273 e. The Balaban J connectivity index is 1.22.